The van der Waals surface area contributed by atoms with Gasteiger partial charge in [-0.1, -0.05) is 0 Å². The van der Waals surface area contributed by atoms with Crippen molar-refractivity contribution < 1.29 is 14.3 Å². The summed E-state index contributed by atoms with van der Waals surface area (Å²) in [7, 11) is 1.65. The van der Waals surface area contributed by atoms with Gasteiger partial charge in [0.2, 0.25) is 0 Å². The van der Waals surface area contributed by atoms with Gasteiger partial charge in [0.1, 0.15) is 0 Å². The lowest BCUT2D eigenvalue weighted by molar-refractivity contribution is 0.120. The van der Waals surface area contributed by atoms with E-state index in [1.165, 1.54) is 4.90 Å². The van der Waals surface area contributed by atoms with E-state index in [0.717, 1.165) is 4.90 Å². The van der Waals surface area contributed by atoms with Crippen LogP contribution in [-0.4, -0.2) is 48.7 Å². The van der Waals surface area contributed by atoms with Crippen LogP contribution in [0.1, 0.15) is 6.92 Å². The molecule has 1 heterocycles. The number of rotatable bonds is 1. The summed E-state index contributed by atoms with van der Waals surface area (Å²) < 4.78 is 4.68. The maximum absolute atomic E-state index is 11.2. The van der Waals surface area contributed by atoms with Crippen molar-refractivity contribution in [1.82, 2.24) is 9.80 Å². The molecule has 1 saturated heterocycles. The minimum atomic E-state index is -0.549. The van der Waals surface area contributed by atoms with E-state index < -0.39 is 6.09 Å². The molecule has 0 spiro atoms. The predicted octanol–water partition coefficient (Wildman–Crippen LogP) is 0.510. The second-order valence-electron chi connectivity index (χ2n) is 2.55. The molecule has 1 aliphatic rings. The molecule has 12 heavy (non-hydrogen) atoms. The van der Waals surface area contributed by atoms with Gasteiger partial charge in [-0.05, 0) is 6.92 Å². The molecular formula is C7H12N2O3. The molecule has 0 aromatic carbocycles. The van der Waals surface area contributed by atoms with Crippen LogP contribution in [0.15, 0.2) is 0 Å². The number of nitrogens with zero attached hydrogens (tertiary/aromatic N) is 2. The van der Waals surface area contributed by atoms with Crippen LogP contribution in [0.25, 0.3) is 0 Å². The first-order valence-corrected chi connectivity index (χ1v) is 3.86. The molecule has 0 saturated carbocycles. The summed E-state index contributed by atoms with van der Waals surface area (Å²) >= 11 is 0. The molecule has 0 radical (unpaired) electrons. The number of ether oxygens (including phenoxy) is 1. The third-order valence-electron chi connectivity index (χ3n) is 1.70. The van der Waals surface area contributed by atoms with Crippen LogP contribution in [-0.2, 0) is 4.74 Å². The molecule has 0 bridgehead atoms. The van der Waals surface area contributed by atoms with Crippen LogP contribution in [0.5, 0.6) is 0 Å². The first kappa shape index (κ1) is 8.83. The smallest absolute Gasteiger partial charge is 0.418 e. The van der Waals surface area contributed by atoms with Gasteiger partial charge in [0, 0.05) is 13.6 Å². The quantitative estimate of drug-likeness (QED) is 0.579. The highest BCUT2D eigenvalue weighted by Crippen LogP contribution is 2.07. The van der Waals surface area contributed by atoms with E-state index in [0.29, 0.717) is 19.7 Å². The number of hydrogen-bond acceptors (Lipinski definition) is 3. The third kappa shape index (κ3) is 1.49. The normalized spacial score (nSPS) is 17.0. The zero-order valence-corrected chi connectivity index (χ0v) is 7.24. The number of hydrogen-bond donors (Lipinski definition) is 0. The lowest BCUT2D eigenvalue weighted by Gasteiger charge is -2.12. The fraction of sp³-hybridized carbons (Fsp3) is 0.714. The first-order valence-electron chi connectivity index (χ1n) is 3.86. The fourth-order valence-corrected chi connectivity index (χ4v) is 1.02. The third-order valence-corrected chi connectivity index (χ3v) is 1.70. The van der Waals surface area contributed by atoms with Gasteiger partial charge in [-0.3, -0.25) is 0 Å². The molecule has 0 aromatic rings. The Bertz CT molecular complexity index is 205. The highest BCUT2D eigenvalue weighted by molar-refractivity contribution is 5.92. The standard InChI is InChI=1S/C7H12N2O3/c1-3-12-7(11)9-5-4-8(2)6(9)10/h3-5H2,1-2H3. The van der Waals surface area contributed by atoms with Gasteiger partial charge in [-0.2, -0.15) is 0 Å². The summed E-state index contributed by atoms with van der Waals surface area (Å²) in [4.78, 5) is 24.8. The second kappa shape index (κ2) is 3.42. The van der Waals surface area contributed by atoms with Gasteiger partial charge in [-0.15, -0.1) is 0 Å². The number of carbonyl (C=O) groups is 2. The lowest BCUT2D eigenvalue weighted by atomic mass is 10.6. The van der Waals surface area contributed by atoms with Crippen molar-refractivity contribution in [3.8, 4) is 0 Å². The van der Waals surface area contributed by atoms with Crippen molar-refractivity contribution in [2.75, 3.05) is 26.7 Å². The average Bonchev–Trinajstić information content (AvgIpc) is 2.34. The summed E-state index contributed by atoms with van der Waals surface area (Å²) in [5, 5.41) is 0. The Kier molecular flexibility index (Phi) is 2.52. The number of urea groups is 1. The molecule has 68 valence electrons. The summed E-state index contributed by atoms with van der Waals surface area (Å²) in [5.41, 5.74) is 0. The lowest BCUT2D eigenvalue weighted by Crippen LogP contribution is -2.35. The maximum Gasteiger partial charge on any atom is 0.418 e. The second-order valence-corrected chi connectivity index (χ2v) is 2.55. The first-order chi connectivity index (χ1) is 5.66. The van der Waals surface area contributed by atoms with Crippen molar-refractivity contribution in [3.05, 3.63) is 0 Å². The molecule has 5 heteroatoms. The van der Waals surface area contributed by atoms with Gasteiger partial charge >= 0.3 is 12.1 Å². The van der Waals surface area contributed by atoms with E-state index in [1.807, 2.05) is 0 Å². The monoisotopic (exact) mass is 172 g/mol. The van der Waals surface area contributed by atoms with E-state index in [1.54, 1.807) is 14.0 Å². The van der Waals surface area contributed by atoms with Gasteiger partial charge in [0.05, 0.1) is 13.2 Å². The Morgan fingerprint density at radius 2 is 2.25 bits per heavy atom. The van der Waals surface area contributed by atoms with Crippen LogP contribution in [0, 0.1) is 0 Å². The molecule has 1 rings (SSSR count). The largest absolute Gasteiger partial charge is 0.449 e. The van der Waals surface area contributed by atoms with E-state index in [-0.39, 0.29) is 6.03 Å². The highest BCUT2D eigenvalue weighted by Gasteiger charge is 2.31. The molecule has 0 atom stereocenters. The van der Waals surface area contributed by atoms with Crippen LogP contribution in [0.2, 0.25) is 0 Å². The summed E-state index contributed by atoms with van der Waals surface area (Å²) in [6, 6.07) is -0.284. The van der Waals surface area contributed by atoms with Crippen molar-refractivity contribution in [2.45, 2.75) is 6.92 Å². The van der Waals surface area contributed by atoms with Crippen LogP contribution in [0.3, 0.4) is 0 Å². The van der Waals surface area contributed by atoms with Crippen LogP contribution >= 0.6 is 0 Å². The van der Waals surface area contributed by atoms with Crippen LogP contribution in [0.4, 0.5) is 9.59 Å². The zero-order valence-electron chi connectivity index (χ0n) is 7.24. The van der Waals surface area contributed by atoms with Gasteiger partial charge in [-0.25, -0.2) is 14.5 Å². The number of likely N-dealkylation sites (N-methyl/N-ethyl adjacent to an activating group) is 1. The zero-order chi connectivity index (χ0) is 9.14. The molecule has 0 aliphatic carbocycles. The number of amides is 3. The molecule has 0 aromatic heterocycles. The summed E-state index contributed by atoms with van der Waals surface area (Å²) in [6.45, 7) is 3.01. The Labute approximate surface area is 70.9 Å². The number of carbonyl (C=O) groups excluding carboxylic acids is 2. The van der Waals surface area contributed by atoms with Crippen LogP contribution < -0.4 is 0 Å². The molecule has 0 N–H and O–H groups in total. The van der Waals surface area contributed by atoms with Crippen molar-refractivity contribution in [3.63, 3.8) is 0 Å². The number of imide groups is 1. The van der Waals surface area contributed by atoms with Crippen molar-refractivity contribution >= 4 is 12.1 Å². The van der Waals surface area contributed by atoms with Gasteiger partial charge in [0.15, 0.2) is 0 Å². The summed E-state index contributed by atoms with van der Waals surface area (Å²) in [5.74, 6) is 0. The fourth-order valence-electron chi connectivity index (χ4n) is 1.02. The molecule has 5 nitrogen and oxygen atoms in total. The maximum atomic E-state index is 11.2. The Morgan fingerprint density at radius 3 is 2.67 bits per heavy atom. The van der Waals surface area contributed by atoms with E-state index in [2.05, 4.69) is 4.74 Å². The molecular weight excluding hydrogens is 160 g/mol. The highest BCUT2D eigenvalue weighted by atomic mass is 16.6. The minimum absolute atomic E-state index is 0.284. The van der Waals surface area contributed by atoms with Gasteiger partial charge < -0.3 is 9.64 Å². The van der Waals surface area contributed by atoms with E-state index in [9.17, 15) is 9.59 Å². The Hall–Kier alpha value is -1.26. The minimum Gasteiger partial charge on any atom is -0.449 e. The Balaban J connectivity index is 2.53. The Morgan fingerprint density at radius 1 is 1.58 bits per heavy atom. The predicted molar refractivity (Wildman–Crippen MR) is 41.8 cm³/mol. The van der Waals surface area contributed by atoms with Crippen molar-refractivity contribution in [1.29, 1.82) is 0 Å². The molecule has 3 amide bonds. The topological polar surface area (TPSA) is 49.9 Å². The molecule has 1 aliphatic heterocycles. The average molecular weight is 172 g/mol. The molecule has 1 fully saturated rings. The van der Waals surface area contributed by atoms with Gasteiger partial charge in [0.25, 0.3) is 0 Å². The van der Waals surface area contributed by atoms with Crippen molar-refractivity contribution in [2.24, 2.45) is 0 Å². The van der Waals surface area contributed by atoms with E-state index >= 15 is 0 Å². The SMILES string of the molecule is CCOC(=O)N1CCN(C)C1=O. The summed E-state index contributed by atoms with van der Waals surface area (Å²) in [6.07, 6.45) is -0.549. The van der Waals surface area contributed by atoms with E-state index in [4.69, 9.17) is 0 Å². The molecule has 0 unspecified atom stereocenters.